The summed E-state index contributed by atoms with van der Waals surface area (Å²) in [6.07, 6.45) is 6.54. The number of nitrogens with zero attached hydrogens (tertiary/aromatic N) is 3. The summed E-state index contributed by atoms with van der Waals surface area (Å²) in [6.45, 7) is 0. The predicted molar refractivity (Wildman–Crippen MR) is 41.8 cm³/mol. The average molecular weight is 162 g/mol. The largest absolute Gasteiger partial charge is 0.357 e. The molecule has 0 aliphatic heterocycles. The molecule has 2 aromatic rings. The van der Waals surface area contributed by atoms with E-state index in [9.17, 15) is 0 Å². The van der Waals surface area contributed by atoms with Crippen LogP contribution in [0.25, 0.3) is 12.2 Å². The summed E-state index contributed by atoms with van der Waals surface area (Å²) in [7, 11) is 0. The fraction of sp³-hybridized carbons (Fsp3) is 0. The SMILES string of the molecule is C(=C\c1ccno1)/c1ncn[nH]1. The van der Waals surface area contributed by atoms with Crippen molar-refractivity contribution >= 4 is 12.2 Å². The van der Waals surface area contributed by atoms with E-state index >= 15 is 0 Å². The third-order valence-corrected chi connectivity index (χ3v) is 1.30. The Balaban J connectivity index is 2.14. The van der Waals surface area contributed by atoms with Crippen molar-refractivity contribution in [2.75, 3.05) is 0 Å². The molecule has 5 heteroatoms. The Morgan fingerprint density at radius 1 is 1.42 bits per heavy atom. The average Bonchev–Trinajstić information content (AvgIpc) is 2.74. The molecule has 0 saturated heterocycles. The molecular formula is C7H6N4O. The maximum absolute atomic E-state index is 4.83. The maximum Gasteiger partial charge on any atom is 0.159 e. The van der Waals surface area contributed by atoms with Gasteiger partial charge in [-0.05, 0) is 12.2 Å². The van der Waals surface area contributed by atoms with E-state index in [0.29, 0.717) is 11.6 Å². The van der Waals surface area contributed by atoms with Crippen LogP contribution in [0.1, 0.15) is 11.6 Å². The van der Waals surface area contributed by atoms with Gasteiger partial charge < -0.3 is 4.52 Å². The minimum Gasteiger partial charge on any atom is -0.357 e. The molecule has 60 valence electrons. The number of hydrogen-bond donors (Lipinski definition) is 1. The molecule has 0 atom stereocenters. The third-order valence-electron chi connectivity index (χ3n) is 1.30. The Hall–Kier alpha value is -1.91. The van der Waals surface area contributed by atoms with Gasteiger partial charge in [0.15, 0.2) is 5.76 Å². The lowest BCUT2D eigenvalue weighted by atomic mass is 10.4. The van der Waals surface area contributed by atoms with Gasteiger partial charge in [0, 0.05) is 6.07 Å². The van der Waals surface area contributed by atoms with E-state index < -0.39 is 0 Å². The Bertz CT molecular complexity index is 312. The van der Waals surface area contributed by atoms with Crippen molar-refractivity contribution in [3.63, 3.8) is 0 Å². The Morgan fingerprint density at radius 3 is 3.08 bits per heavy atom. The van der Waals surface area contributed by atoms with Gasteiger partial charge >= 0.3 is 0 Å². The van der Waals surface area contributed by atoms with Gasteiger partial charge in [0.2, 0.25) is 0 Å². The second kappa shape index (κ2) is 3.00. The highest BCUT2D eigenvalue weighted by Gasteiger charge is 1.90. The van der Waals surface area contributed by atoms with Crippen molar-refractivity contribution in [1.82, 2.24) is 20.3 Å². The van der Waals surface area contributed by atoms with Crippen molar-refractivity contribution in [3.05, 3.63) is 30.2 Å². The van der Waals surface area contributed by atoms with Crippen LogP contribution in [-0.4, -0.2) is 20.3 Å². The van der Waals surface area contributed by atoms with Crippen LogP contribution in [0.3, 0.4) is 0 Å². The van der Waals surface area contributed by atoms with Crippen LogP contribution in [0.5, 0.6) is 0 Å². The first-order chi connectivity index (χ1) is 5.95. The smallest absolute Gasteiger partial charge is 0.159 e. The molecule has 0 amide bonds. The van der Waals surface area contributed by atoms with E-state index in [-0.39, 0.29) is 0 Å². The summed E-state index contributed by atoms with van der Waals surface area (Å²) < 4.78 is 4.83. The van der Waals surface area contributed by atoms with Crippen molar-refractivity contribution in [2.24, 2.45) is 0 Å². The van der Waals surface area contributed by atoms with Crippen molar-refractivity contribution in [1.29, 1.82) is 0 Å². The van der Waals surface area contributed by atoms with Gasteiger partial charge in [0.1, 0.15) is 12.2 Å². The fourth-order valence-corrected chi connectivity index (χ4v) is 0.768. The van der Waals surface area contributed by atoms with Gasteiger partial charge in [0.25, 0.3) is 0 Å². The Kier molecular flexibility index (Phi) is 1.69. The van der Waals surface area contributed by atoms with Gasteiger partial charge in [-0.25, -0.2) is 4.98 Å². The molecular weight excluding hydrogens is 156 g/mol. The number of aromatic amines is 1. The molecule has 2 heterocycles. The first-order valence-corrected chi connectivity index (χ1v) is 3.39. The van der Waals surface area contributed by atoms with E-state index in [1.165, 1.54) is 6.33 Å². The van der Waals surface area contributed by atoms with Gasteiger partial charge in [-0.15, -0.1) is 0 Å². The van der Waals surface area contributed by atoms with Crippen LogP contribution in [0.4, 0.5) is 0 Å². The minimum absolute atomic E-state index is 0.686. The van der Waals surface area contributed by atoms with Crippen LogP contribution >= 0.6 is 0 Å². The summed E-state index contributed by atoms with van der Waals surface area (Å²) in [5, 5.41) is 9.93. The summed E-state index contributed by atoms with van der Waals surface area (Å²) in [6, 6.07) is 1.76. The molecule has 0 fully saturated rings. The number of hydrogen-bond acceptors (Lipinski definition) is 4. The molecule has 12 heavy (non-hydrogen) atoms. The lowest BCUT2D eigenvalue weighted by Gasteiger charge is -1.80. The highest BCUT2D eigenvalue weighted by Crippen LogP contribution is 2.01. The first kappa shape index (κ1) is 6.78. The van der Waals surface area contributed by atoms with Crippen LogP contribution in [0.2, 0.25) is 0 Å². The second-order valence-electron chi connectivity index (χ2n) is 2.12. The van der Waals surface area contributed by atoms with Crippen LogP contribution in [-0.2, 0) is 0 Å². The molecule has 0 spiro atoms. The van der Waals surface area contributed by atoms with Gasteiger partial charge in [-0.2, -0.15) is 5.10 Å². The number of H-pyrrole nitrogens is 1. The normalized spacial score (nSPS) is 11.0. The van der Waals surface area contributed by atoms with Crippen molar-refractivity contribution in [2.45, 2.75) is 0 Å². The summed E-state index contributed by atoms with van der Waals surface area (Å²) in [5.41, 5.74) is 0. The monoisotopic (exact) mass is 162 g/mol. The predicted octanol–water partition coefficient (Wildman–Crippen LogP) is 0.963. The van der Waals surface area contributed by atoms with Gasteiger partial charge in [-0.3, -0.25) is 5.10 Å². The second-order valence-corrected chi connectivity index (χ2v) is 2.12. The van der Waals surface area contributed by atoms with Crippen LogP contribution in [0, 0.1) is 0 Å². The fourth-order valence-electron chi connectivity index (χ4n) is 0.768. The van der Waals surface area contributed by atoms with Crippen LogP contribution < -0.4 is 0 Å². The highest BCUT2D eigenvalue weighted by atomic mass is 16.5. The third kappa shape index (κ3) is 1.39. The van der Waals surface area contributed by atoms with E-state index in [0.717, 1.165) is 0 Å². The zero-order chi connectivity index (χ0) is 8.23. The highest BCUT2D eigenvalue weighted by molar-refractivity contribution is 5.62. The van der Waals surface area contributed by atoms with Crippen molar-refractivity contribution in [3.8, 4) is 0 Å². The summed E-state index contributed by atoms with van der Waals surface area (Å²) in [5.74, 6) is 1.37. The quantitative estimate of drug-likeness (QED) is 0.714. The number of aromatic nitrogens is 4. The van der Waals surface area contributed by atoms with Crippen molar-refractivity contribution < 1.29 is 4.52 Å². The topological polar surface area (TPSA) is 67.6 Å². The zero-order valence-corrected chi connectivity index (χ0v) is 6.14. The zero-order valence-electron chi connectivity index (χ0n) is 6.14. The maximum atomic E-state index is 4.83. The molecule has 2 rings (SSSR count). The molecule has 0 aromatic carbocycles. The Labute approximate surface area is 68.1 Å². The molecule has 1 N–H and O–H groups in total. The molecule has 0 saturated carbocycles. The summed E-state index contributed by atoms with van der Waals surface area (Å²) in [4.78, 5) is 3.90. The van der Waals surface area contributed by atoms with Gasteiger partial charge in [-0.1, -0.05) is 5.16 Å². The molecule has 0 aliphatic rings. The molecule has 0 radical (unpaired) electrons. The van der Waals surface area contributed by atoms with E-state index in [1.54, 1.807) is 24.4 Å². The van der Waals surface area contributed by atoms with E-state index in [2.05, 4.69) is 20.3 Å². The first-order valence-electron chi connectivity index (χ1n) is 3.39. The summed E-state index contributed by atoms with van der Waals surface area (Å²) >= 11 is 0. The lowest BCUT2D eigenvalue weighted by Crippen LogP contribution is -1.73. The Morgan fingerprint density at radius 2 is 2.42 bits per heavy atom. The van der Waals surface area contributed by atoms with E-state index in [4.69, 9.17) is 4.52 Å². The van der Waals surface area contributed by atoms with Gasteiger partial charge in [0.05, 0.1) is 6.20 Å². The molecule has 5 nitrogen and oxygen atoms in total. The molecule has 0 bridgehead atoms. The number of nitrogens with one attached hydrogen (secondary N) is 1. The minimum atomic E-state index is 0.686. The van der Waals surface area contributed by atoms with Crippen LogP contribution in [0.15, 0.2) is 23.1 Å². The molecule has 0 aliphatic carbocycles. The standard InChI is InChI=1S/C7H6N4O/c1(6-3-4-10-12-6)2-7-8-5-9-11-7/h1-5H,(H,8,9,11)/b2-1+. The number of rotatable bonds is 2. The van der Waals surface area contributed by atoms with E-state index in [1.807, 2.05) is 0 Å². The lowest BCUT2D eigenvalue weighted by molar-refractivity contribution is 0.413. The molecule has 2 aromatic heterocycles. The molecule has 0 unspecified atom stereocenters.